The Morgan fingerprint density at radius 2 is 1.90 bits per heavy atom. The van der Waals surface area contributed by atoms with E-state index in [0.29, 0.717) is 29.7 Å². The van der Waals surface area contributed by atoms with Gasteiger partial charge in [0.1, 0.15) is 5.82 Å². The smallest absolute Gasteiger partial charge is 0.320 e. The number of aryl methyl sites for hydroxylation is 1. The molecule has 2 atom stereocenters. The zero-order valence-corrected chi connectivity index (χ0v) is 23.6. The van der Waals surface area contributed by atoms with Gasteiger partial charge in [0.25, 0.3) is 0 Å². The first-order valence-corrected chi connectivity index (χ1v) is 13.6. The fourth-order valence-electron chi connectivity index (χ4n) is 5.23. The zero-order valence-electron chi connectivity index (χ0n) is 22.8. The van der Waals surface area contributed by atoms with Gasteiger partial charge in [-0.3, -0.25) is 15.0 Å². The fourth-order valence-corrected chi connectivity index (χ4v) is 5.43. The van der Waals surface area contributed by atoms with Gasteiger partial charge in [-0.05, 0) is 42.8 Å². The minimum atomic E-state index is -0.321. The molecule has 208 valence electrons. The first-order valence-electron chi connectivity index (χ1n) is 13.2. The molecule has 1 aliphatic rings. The average Bonchev–Trinajstić information content (AvgIpc) is 3.50. The zero-order chi connectivity index (χ0) is 28.2. The number of carbonyl (C=O) groups excluding carboxylic acids is 1. The van der Waals surface area contributed by atoms with Crippen LogP contribution >= 0.6 is 11.6 Å². The van der Waals surface area contributed by atoms with Crippen molar-refractivity contribution in [2.45, 2.75) is 18.9 Å². The van der Waals surface area contributed by atoms with Gasteiger partial charge in [0.15, 0.2) is 0 Å². The SMILES string of the molecule is COCCN1C[C@@H](NC(=O)Nc2c(C)c(-c3ccc(=O)n(C)c3)nn2-c2ccccc2)[C@H](c2cccc(Cl)c2)C1. The number of benzene rings is 2. The number of rotatable bonds is 8. The highest BCUT2D eigenvalue weighted by molar-refractivity contribution is 6.30. The standard InChI is InChI=1S/C30H33ClN6O3/c1-20-28(22-12-13-27(38)35(2)17-22)34-37(24-10-5-4-6-11-24)29(20)33-30(39)32-26-19-36(14-15-40-3)18-25(26)21-8-7-9-23(31)16-21/h4-13,16-17,25-26H,14-15,18-19H2,1-3H3,(H2,32,33,39)/t25-,26+/m0/s1. The predicted octanol–water partition coefficient (Wildman–Crippen LogP) is 4.44. The number of carbonyl (C=O) groups is 1. The summed E-state index contributed by atoms with van der Waals surface area (Å²) in [6.07, 6.45) is 1.75. The maximum atomic E-state index is 13.5. The fraction of sp³-hybridized carbons (Fsp3) is 0.300. The summed E-state index contributed by atoms with van der Waals surface area (Å²) in [5.41, 5.74) is 4.03. The van der Waals surface area contributed by atoms with E-state index in [4.69, 9.17) is 21.4 Å². The third-order valence-corrected chi connectivity index (χ3v) is 7.55. The van der Waals surface area contributed by atoms with Crippen molar-refractivity contribution in [2.75, 3.05) is 38.7 Å². The Balaban J connectivity index is 1.44. The summed E-state index contributed by atoms with van der Waals surface area (Å²) in [6, 6.07) is 20.3. The van der Waals surface area contributed by atoms with Crippen LogP contribution in [-0.2, 0) is 11.8 Å². The number of nitrogens with zero attached hydrogens (tertiary/aromatic N) is 4. The molecule has 0 spiro atoms. The van der Waals surface area contributed by atoms with Crippen molar-refractivity contribution in [3.63, 3.8) is 0 Å². The summed E-state index contributed by atoms with van der Waals surface area (Å²) in [5.74, 6) is 0.628. The molecule has 3 heterocycles. The number of nitrogens with one attached hydrogen (secondary N) is 2. The third kappa shape index (κ3) is 5.96. The Bertz CT molecular complexity index is 1550. The van der Waals surface area contributed by atoms with Crippen LogP contribution in [0.25, 0.3) is 16.9 Å². The Morgan fingerprint density at radius 1 is 1.10 bits per heavy atom. The Labute approximate surface area is 238 Å². The number of hydrogen-bond donors (Lipinski definition) is 2. The number of aromatic nitrogens is 3. The van der Waals surface area contributed by atoms with Crippen molar-refractivity contribution in [2.24, 2.45) is 7.05 Å². The molecule has 40 heavy (non-hydrogen) atoms. The van der Waals surface area contributed by atoms with E-state index in [1.54, 1.807) is 31.1 Å². The van der Waals surface area contributed by atoms with Crippen LogP contribution in [0.2, 0.25) is 5.02 Å². The lowest BCUT2D eigenvalue weighted by atomic mass is 9.94. The maximum Gasteiger partial charge on any atom is 0.320 e. The van der Waals surface area contributed by atoms with Gasteiger partial charge in [0, 0.05) is 68.1 Å². The second-order valence-electron chi connectivity index (χ2n) is 10.1. The molecule has 0 radical (unpaired) electrons. The maximum absolute atomic E-state index is 13.5. The minimum Gasteiger partial charge on any atom is -0.383 e. The molecule has 10 heteroatoms. The summed E-state index contributed by atoms with van der Waals surface area (Å²) in [5, 5.41) is 11.8. The van der Waals surface area contributed by atoms with Crippen molar-refractivity contribution in [3.8, 4) is 16.9 Å². The number of halogens is 1. The predicted molar refractivity (Wildman–Crippen MR) is 157 cm³/mol. The largest absolute Gasteiger partial charge is 0.383 e. The number of para-hydroxylation sites is 1. The molecule has 0 unspecified atom stereocenters. The molecule has 2 N–H and O–H groups in total. The number of amides is 2. The number of pyridine rings is 1. The number of urea groups is 1. The lowest BCUT2D eigenvalue weighted by Crippen LogP contribution is -2.42. The molecular formula is C30H33ClN6O3. The molecule has 1 fully saturated rings. The van der Waals surface area contributed by atoms with E-state index >= 15 is 0 Å². The van der Waals surface area contributed by atoms with Crippen LogP contribution < -0.4 is 16.2 Å². The van der Waals surface area contributed by atoms with Crippen molar-refractivity contribution in [3.05, 3.63) is 99.4 Å². The van der Waals surface area contributed by atoms with E-state index in [1.807, 2.05) is 55.5 Å². The van der Waals surface area contributed by atoms with E-state index in [9.17, 15) is 9.59 Å². The highest BCUT2D eigenvalue weighted by atomic mass is 35.5. The minimum absolute atomic E-state index is 0.0719. The molecule has 1 saturated heterocycles. The first-order chi connectivity index (χ1) is 19.3. The molecule has 2 amide bonds. The molecule has 2 aromatic heterocycles. The van der Waals surface area contributed by atoms with E-state index in [0.717, 1.165) is 35.5 Å². The van der Waals surface area contributed by atoms with E-state index in [-0.39, 0.29) is 23.6 Å². The van der Waals surface area contributed by atoms with Gasteiger partial charge >= 0.3 is 6.03 Å². The summed E-state index contributed by atoms with van der Waals surface area (Å²) < 4.78 is 8.53. The van der Waals surface area contributed by atoms with Gasteiger partial charge < -0.3 is 14.6 Å². The third-order valence-electron chi connectivity index (χ3n) is 7.31. The van der Waals surface area contributed by atoms with Gasteiger partial charge in [-0.25, -0.2) is 9.48 Å². The summed E-state index contributed by atoms with van der Waals surface area (Å²) in [7, 11) is 3.39. The number of anilines is 1. The summed E-state index contributed by atoms with van der Waals surface area (Å²) >= 11 is 6.31. The van der Waals surface area contributed by atoms with Crippen molar-refractivity contribution in [1.29, 1.82) is 0 Å². The van der Waals surface area contributed by atoms with Gasteiger partial charge in [0.2, 0.25) is 5.56 Å². The molecule has 0 saturated carbocycles. The molecule has 0 bridgehead atoms. The van der Waals surface area contributed by atoms with Crippen LogP contribution in [0.4, 0.5) is 10.6 Å². The number of ether oxygens (including phenoxy) is 1. The van der Waals surface area contributed by atoms with E-state index < -0.39 is 0 Å². The lowest BCUT2D eigenvalue weighted by molar-refractivity contribution is 0.159. The topological polar surface area (TPSA) is 93.4 Å². The molecule has 0 aliphatic carbocycles. The summed E-state index contributed by atoms with van der Waals surface area (Å²) in [4.78, 5) is 27.8. The Hall–Kier alpha value is -3.92. The quantitative estimate of drug-likeness (QED) is 0.332. The van der Waals surface area contributed by atoms with Gasteiger partial charge in [-0.2, -0.15) is 5.10 Å². The number of likely N-dealkylation sites (tertiary alicyclic amines) is 1. The Kier molecular flexibility index (Phi) is 8.35. The van der Waals surface area contributed by atoms with Crippen LogP contribution in [0.1, 0.15) is 17.0 Å². The summed E-state index contributed by atoms with van der Waals surface area (Å²) in [6.45, 7) is 4.78. The molecule has 1 aliphatic heterocycles. The van der Waals surface area contributed by atoms with Crippen LogP contribution in [0.15, 0.2) is 77.7 Å². The van der Waals surface area contributed by atoms with Gasteiger partial charge in [-0.1, -0.05) is 41.9 Å². The van der Waals surface area contributed by atoms with Crippen molar-refractivity contribution >= 4 is 23.4 Å². The second kappa shape index (κ2) is 12.1. The normalized spacial score (nSPS) is 17.2. The highest BCUT2D eigenvalue weighted by Gasteiger charge is 2.35. The van der Waals surface area contributed by atoms with Crippen LogP contribution in [-0.4, -0.2) is 64.7 Å². The van der Waals surface area contributed by atoms with Crippen LogP contribution in [0, 0.1) is 6.92 Å². The van der Waals surface area contributed by atoms with E-state index in [1.165, 1.54) is 10.6 Å². The van der Waals surface area contributed by atoms with Crippen LogP contribution in [0.3, 0.4) is 0 Å². The molecule has 5 rings (SSSR count). The second-order valence-corrected chi connectivity index (χ2v) is 10.5. The van der Waals surface area contributed by atoms with Crippen LogP contribution in [0.5, 0.6) is 0 Å². The first kappa shape index (κ1) is 27.6. The average molecular weight is 561 g/mol. The Morgan fingerprint density at radius 3 is 2.62 bits per heavy atom. The molecular weight excluding hydrogens is 528 g/mol. The monoisotopic (exact) mass is 560 g/mol. The molecule has 2 aromatic carbocycles. The lowest BCUT2D eigenvalue weighted by Gasteiger charge is -2.21. The number of hydrogen-bond acceptors (Lipinski definition) is 5. The molecule has 4 aromatic rings. The van der Waals surface area contributed by atoms with Gasteiger partial charge in [-0.15, -0.1) is 0 Å². The highest BCUT2D eigenvalue weighted by Crippen LogP contribution is 2.32. The number of methoxy groups -OCH3 is 1. The van der Waals surface area contributed by atoms with Crippen molar-refractivity contribution < 1.29 is 9.53 Å². The molecule has 9 nitrogen and oxygen atoms in total. The van der Waals surface area contributed by atoms with Crippen molar-refractivity contribution in [1.82, 2.24) is 24.6 Å². The van der Waals surface area contributed by atoms with Gasteiger partial charge in [0.05, 0.1) is 24.0 Å². The van der Waals surface area contributed by atoms with E-state index in [2.05, 4.69) is 21.6 Å².